The average molecular weight is 258 g/mol. The normalized spacial score (nSPS) is 13.7. The van der Waals surface area contributed by atoms with Crippen LogP contribution in [0.5, 0.6) is 5.75 Å². The van der Waals surface area contributed by atoms with E-state index in [1.807, 2.05) is 24.3 Å². The number of nitrogens with zero attached hydrogens (tertiary/aromatic N) is 1. The van der Waals surface area contributed by atoms with Crippen molar-refractivity contribution in [2.24, 2.45) is 5.73 Å². The standard InChI is InChI=1S/C14H14N2O3/c1-3-14(15,13(17)18)9-16-8-12(19-2)10-6-4-5-7-11(10)16/h1,4-8H,9,15H2,2H3,(H,17,18). The van der Waals surface area contributed by atoms with Crippen molar-refractivity contribution in [1.82, 2.24) is 4.57 Å². The van der Waals surface area contributed by atoms with Crippen molar-refractivity contribution in [1.29, 1.82) is 0 Å². The van der Waals surface area contributed by atoms with Crippen LogP contribution in [0.4, 0.5) is 0 Å². The average Bonchev–Trinajstić information content (AvgIpc) is 2.76. The van der Waals surface area contributed by atoms with Crippen molar-refractivity contribution >= 4 is 16.9 Å². The molecule has 0 aliphatic rings. The van der Waals surface area contributed by atoms with Crippen LogP contribution < -0.4 is 10.5 Å². The van der Waals surface area contributed by atoms with Crippen molar-refractivity contribution in [2.75, 3.05) is 7.11 Å². The van der Waals surface area contributed by atoms with E-state index in [0.29, 0.717) is 5.75 Å². The van der Waals surface area contributed by atoms with Gasteiger partial charge in [0.15, 0.2) is 5.54 Å². The van der Waals surface area contributed by atoms with E-state index in [1.165, 1.54) is 0 Å². The number of hydrogen-bond acceptors (Lipinski definition) is 3. The Kier molecular flexibility index (Phi) is 3.19. The van der Waals surface area contributed by atoms with Crippen LogP contribution in [0.15, 0.2) is 30.5 Å². The Balaban J connectivity index is 2.53. The molecule has 0 amide bonds. The van der Waals surface area contributed by atoms with Gasteiger partial charge in [0, 0.05) is 11.6 Å². The Bertz CT molecular complexity index is 669. The smallest absolute Gasteiger partial charge is 0.338 e. The number of para-hydroxylation sites is 1. The number of nitrogens with two attached hydrogens (primary N) is 1. The molecule has 98 valence electrons. The third-order valence-corrected chi connectivity index (χ3v) is 3.03. The Hall–Kier alpha value is -2.45. The first-order valence-electron chi connectivity index (χ1n) is 5.64. The van der Waals surface area contributed by atoms with E-state index in [1.54, 1.807) is 17.9 Å². The maximum Gasteiger partial charge on any atom is 0.338 e. The van der Waals surface area contributed by atoms with Crippen LogP contribution in [-0.2, 0) is 11.3 Å². The zero-order chi connectivity index (χ0) is 14.0. The van der Waals surface area contributed by atoms with Crippen LogP contribution in [-0.4, -0.2) is 28.3 Å². The first-order chi connectivity index (χ1) is 9.01. The Morgan fingerprint density at radius 1 is 1.58 bits per heavy atom. The molecule has 0 bridgehead atoms. The van der Waals surface area contributed by atoms with Gasteiger partial charge in [-0.2, -0.15) is 0 Å². The second-order valence-corrected chi connectivity index (χ2v) is 4.26. The predicted octanol–water partition coefficient (Wildman–Crippen LogP) is 1.07. The van der Waals surface area contributed by atoms with Crippen molar-refractivity contribution in [3.8, 4) is 18.1 Å². The third kappa shape index (κ3) is 2.14. The topological polar surface area (TPSA) is 77.5 Å². The van der Waals surface area contributed by atoms with Gasteiger partial charge in [0.2, 0.25) is 0 Å². The minimum Gasteiger partial charge on any atom is -0.495 e. The van der Waals surface area contributed by atoms with Gasteiger partial charge in [-0.15, -0.1) is 6.42 Å². The molecule has 3 N–H and O–H groups in total. The first-order valence-corrected chi connectivity index (χ1v) is 5.64. The Morgan fingerprint density at radius 3 is 2.84 bits per heavy atom. The second kappa shape index (κ2) is 4.67. The molecule has 0 fully saturated rings. The van der Waals surface area contributed by atoms with Gasteiger partial charge in [-0.3, -0.25) is 0 Å². The Labute approximate surface area is 110 Å². The number of aliphatic carboxylic acids is 1. The highest BCUT2D eigenvalue weighted by molar-refractivity contribution is 5.88. The van der Waals surface area contributed by atoms with Gasteiger partial charge in [-0.05, 0) is 12.1 Å². The number of carbonyl (C=O) groups is 1. The van der Waals surface area contributed by atoms with Crippen molar-refractivity contribution < 1.29 is 14.6 Å². The van der Waals surface area contributed by atoms with Crippen LogP contribution in [0.2, 0.25) is 0 Å². The lowest BCUT2D eigenvalue weighted by atomic mass is 10.0. The molecule has 1 unspecified atom stereocenters. The van der Waals surface area contributed by atoms with Gasteiger partial charge in [0.1, 0.15) is 5.75 Å². The van der Waals surface area contributed by atoms with Crippen molar-refractivity contribution in [3.05, 3.63) is 30.5 Å². The zero-order valence-corrected chi connectivity index (χ0v) is 10.5. The third-order valence-electron chi connectivity index (χ3n) is 3.03. The van der Waals surface area contributed by atoms with Gasteiger partial charge in [-0.25, -0.2) is 4.79 Å². The van der Waals surface area contributed by atoms with Gasteiger partial charge >= 0.3 is 5.97 Å². The molecular formula is C14H14N2O3. The first kappa shape index (κ1) is 13.0. The number of carboxylic acids is 1. The second-order valence-electron chi connectivity index (χ2n) is 4.26. The summed E-state index contributed by atoms with van der Waals surface area (Å²) in [5.74, 6) is 1.56. The quantitative estimate of drug-likeness (QED) is 0.804. The van der Waals surface area contributed by atoms with Gasteiger partial charge in [0.25, 0.3) is 0 Å². The summed E-state index contributed by atoms with van der Waals surface area (Å²) in [6.45, 7) is -0.0251. The number of benzene rings is 1. The molecule has 0 saturated carbocycles. The molecule has 1 aromatic carbocycles. The lowest BCUT2D eigenvalue weighted by molar-refractivity contribution is -0.141. The summed E-state index contributed by atoms with van der Waals surface area (Å²) in [6.07, 6.45) is 6.94. The molecule has 2 aromatic rings. The number of rotatable bonds is 4. The molecule has 19 heavy (non-hydrogen) atoms. The van der Waals surface area contributed by atoms with Crippen LogP contribution in [0, 0.1) is 12.3 Å². The van der Waals surface area contributed by atoms with Crippen molar-refractivity contribution in [2.45, 2.75) is 12.1 Å². The lowest BCUT2D eigenvalue weighted by Gasteiger charge is -2.19. The molecule has 1 atom stereocenters. The Morgan fingerprint density at radius 2 is 2.26 bits per heavy atom. The predicted molar refractivity (Wildman–Crippen MR) is 71.9 cm³/mol. The molecule has 0 aliphatic heterocycles. The van der Waals surface area contributed by atoms with E-state index in [0.717, 1.165) is 10.9 Å². The largest absolute Gasteiger partial charge is 0.495 e. The van der Waals surface area contributed by atoms with Gasteiger partial charge in [-0.1, -0.05) is 18.1 Å². The maximum atomic E-state index is 11.2. The van der Waals surface area contributed by atoms with Crippen LogP contribution in [0.25, 0.3) is 10.9 Å². The van der Waals surface area contributed by atoms with E-state index in [9.17, 15) is 4.79 Å². The van der Waals surface area contributed by atoms with E-state index in [4.69, 9.17) is 22.0 Å². The molecule has 1 heterocycles. The van der Waals surface area contributed by atoms with Crippen molar-refractivity contribution in [3.63, 3.8) is 0 Å². The molecule has 5 heteroatoms. The summed E-state index contributed by atoms with van der Waals surface area (Å²) in [6, 6.07) is 7.48. The van der Waals surface area contributed by atoms with Crippen LogP contribution >= 0.6 is 0 Å². The fourth-order valence-corrected chi connectivity index (χ4v) is 1.95. The molecule has 0 aliphatic carbocycles. The number of ether oxygens (including phenoxy) is 1. The van der Waals surface area contributed by atoms with Crippen LogP contribution in [0.3, 0.4) is 0 Å². The molecule has 0 saturated heterocycles. The maximum absolute atomic E-state index is 11.2. The highest BCUT2D eigenvalue weighted by Crippen LogP contribution is 2.28. The zero-order valence-electron chi connectivity index (χ0n) is 10.5. The number of terminal acetylenes is 1. The minimum atomic E-state index is -1.74. The number of hydrogen-bond donors (Lipinski definition) is 2. The van der Waals surface area contributed by atoms with Gasteiger partial charge in [0.05, 0.1) is 19.2 Å². The number of aromatic nitrogens is 1. The number of fused-ring (bicyclic) bond motifs is 1. The van der Waals surface area contributed by atoms with E-state index in [2.05, 4.69) is 5.92 Å². The fourth-order valence-electron chi connectivity index (χ4n) is 1.95. The molecule has 0 spiro atoms. The minimum absolute atomic E-state index is 0.0251. The monoisotopic (exact) mass is 258 g/mol. The van der Waals surface area contributed by atoms with E-state index >= 15 is 0 Å². The molecule has 0 radical (unpaired) electrons. The molecule has 5 nitrogen and oxygen atoms in total. The fraction of sp³-hybridized carbons (Fsp3) is 0.214. The van der Waals surface area contributed by atoms with E-state index < -0.39 is 11.5 Å². The molecular weight excluding hydrogens is 244 g/mol. The highest BCUT2D eigenvalue weighted by atomic mass is 16.5. The lowest BCUT2D eigenvalue weighted by Crippen LogP contribution is -2.50. The van der Waals surface area contributed by atoms with Crippen LogP contribution in [0.1, 0.15) is 0 Å². The number of methoxy groups -OCH3 is 1. The summed E-state index contributed by atoms with van der Waals surface area (Å²) in [5, 5.41) is 10.0. The summed E-state index contributed by atoms with van der Waals surface area (Å²) in [4.78, 5) is 11.2. The molecule has 2 rings (SSSR count). The van der Waals surface area contributed by atoms with E-state index in [-0.39, 0.29) is 6.54 Å². The summed E-state index contributed by atoms with van der Waals surface area (Å²) >= 11 is 0. The highest BCUT2D eigenvalue weighted by Gasteiger charge is 2.32. The SMILES string of the molecule is C#CC(N)(Cn1cc(OC)c2ccccc21)C(=O)O. The van der Waals surface area contributed by atoms with Gasteiger partial charge < -0.3 is 20.1 Å². The number of carboxylic acid groups (broad SMARTS) is 1. The summed E-state index contributed by atoms with van der Waals surface area (Å²) in [7, 11) is 1.56. The molecule has 1 aromatic heterocycles. The summed E-state index contributed by atoms with van der Waals surface area (Å²) in [5.41, 5.74) is 4.80. The summed E-state index contributed by atoms with van der Waals surface area (Å²) < 4.78 is 6.95.